The lowest BCUT2D eigenvalue weighted by Gasteiger charge is -2.18. The van der Waals surface area contributed by atoms with Crippen molar-refractivity contribution in [2.45, 2.75) is 33.1 Å². The van der Waals surface area contributed by atoms with E-state index in [9.17, 15) is 9.59 Å². The number of fused-ring (bicyclic) bond motifs is 1. The van der Waals surface area contributed by atoms with Gasteiger partial charge < -0.3 is 14.8 Å². The van der Waals surface area contributed by atoms with Crippen LogP contribution >= 0.6 is 34.5 Å². The second kappa shape index (κ2) is 9.16. The molecule has 150 valence electrons. The van der Waals surface area contributed by atoms with Gasteiger partial charge in [0.2, 0.25) is 0 Å². The van der Waals surface area contributed by atoms with E-state index in [0.29, 0.717) is 32.3 Å². The SMILES string of the molecule is CCOC(=O)c1c(NC(=O)COc2cc(Cl)ccc2Cl)sc2c1CCC(C)C2. The largest absolute Gasteiger partial charge is 0.482 e. The number of hydrogen-bond acceptors (Lipinski definition) is 5. The Morgan fingerprint density at radius 2 is 2.11 bits per heavy atom. The van der Waals surface area contributed by atoms with Crippen molar-refractivity contribution in [3.05, 3.63) is 44.2 Å². The van der Waals surface area contributed by atoms with Crippen molar-refractivity contribution in [2.75, 3.05) is 18.5 Å². The zero-order chi connectivity index (χ0) is 20.3. The molecule has 1 N–H and O–H groups in total. The molecule has 1 aliphatic rings. The third-order valence-electron chi connectivity index (χ3n) is 4.50. The Labute approximate surface area is 177 Å². The summed E-state index contributed by atoms with van der Waals surface area (Å²) in [5, 5.41) is 4.15. The Bertz CT molecular complexity index is 897. The molecule has 28 heavy (non-hydrogen) atoms. The van der Waals surface area contributed by atoms with E-state index in [4.69, 9.17) is 32.7 Å². The van der Waals surface area contributed by atoms with E-state index in [2.05, 4.69) is 12.2 Å². The van der Waals surface area contributed by atoms with Gasteiger partial charge in [-0.25, -0.2) is 4.79 Å². The van der Waals surface area contributed by atoms with Crippen LogP contribution in [0.3, 0.4) is 0 Å². The van der Waals surface area contributed by atoms with Crippen molar-refractivity contribution >= 4 is 51.4 Å². The number of carbonyl (C=O) groups excluding carboxylic acids is 2. The molecule has 0 spiro atoms. The highest BCUT2D eigenvalue weighted by Gasteiger charge is 2.29. The lowest BCUT2D eigenvalue weighted by molar-refractivity contribution is -0.118. The zero-order valence-corrected chi connectivity index (χ0v) is 18.0. The fraction of sp³-hybridized carbons (Fsp3) is 0.400. The summed E-state index contributed by atoms with van der Waals surface area (Å²) in [7, 11) is 0. The number of ether oxygens (including phenoxy) is 2. The number of hydrogen-bond donors (Lipinski definition) is 1. The number of nitrogens with one attached hydrogen (secondary N) is 1. The van der Waals surface area contributed by atoms with Crippen LogP contribution in [0, 0.1) is 5.92 Å². The molecule has 0 fully saturated rings. The van der Waals surface area contributed by atoms with Crippen molar-refractivity contribution in [2.24, 2.45) is 5.92 Å². The van der Waals surface area contributed by atoms with Crippen LogP contribution in [0.25, 0.3) is 0 Å². The molecule has 1 unspecified atom stereocenters. The van der Waals surface area contributed by atoms with E-state index in [0.717, 1.165) is 29.7 Å². The average Bonchev–Trinajstić information content (AvgIpc) is 2.99. The minimum atomic E-state index is -0.399. The van der Waals surface area contributed by atoms with Crippen molar-refractivity contribution in [1.29, 1.82) is 0 Å². The lowest BCUT2D eigenvalue weighted by atomic mass is 9.88. The monoisotopic (exact) mass is 441 g/mol. The maximum Gasteiger partial charge on any atom is 0.341 e. The fourth-order valence-electron chi connectivity index (χ4n) is 3.15. The van der Waals surface area contributed by atoms with Gasteiger partial charge in [-0.15, -0.1) is 11.3 Å². The highest BCUT2D eigenvalue weighted by molar-refractivity contribution is 7.17. The van der Waals surface area contributed by atoms with Crippen LogP contribution in [-0.4, -0.2) is 25.1 Å². The predicted octanol–water partition coefficient (Wildman–Crippen LogP) is 5.37. The summed E-state index contributed by atoms with van der Waals surface area (Å²) in [6.45, 7) is 3.98. The van der Waals surface area contributed by atoms with Crippen LogP contribution < -0.4 is 10.1 Å². The zero-order valence-electron chi connectivity index (χ0n) is 15.6. The molecule has 1 aliphatic carbocycles. The highest BCUT2D eigenvalue weighted by atomic mass is 35.5. The summed E-state index contributed by atoms with van der Waals surface area (Å²) in [5.74, 6) is 0.101. The van der Waals surface area contributed by atoms with E-state index >= 15 is 0 Å². The molecule has 0 saturated heterocycles. The third kappa shape index (κ3) is 4.80. The van der Waals surface area contributed by atoms with Crippen LogP contribution in [0.5, 0.6) is 5.75 Å². The lowest BCUT2D eigenvalue weighted by Crippen LogP contribution is -2.21. The average molecular weight is 442 g/mol. The number of esters is 1. The summed E-state index contributed by atoms with van der Waals surface area (Å²) in [5.41, 5.74) is 1.47. The van der Waals surface area contributed by atoms with Crippen molar-refractivity contribution in [1.82, 2.24) is 0 Å². The predicted molar refractivity (Wildman–Crippen MR) is 112 cm³/mol. The highest BCUT2D eigenvalue weighted by Crippen LogP contribution is 2.40. The molecule has 1 heterocycles. The van der Waals surface area contributed by atoms with Gasteiger partial charge >= 0.3 is 5.97 Å². The van der Waals surface area contributed by atoms with Crippen LogP contribution in [0.4, 0.5) is 5.00 Å². The van der Waals surface area contributed by atoms with Gasteiger partial charge in [0.25, 0.3) is 5.91 Å². The normalized spacial score (nSPS) is 15.6. The molecule has 0 saturated carbocycles. The minimum Gasteiger partial charge on any atom is -0.482 e. The molecule has 0 bridgehead atoms. The number of halogens is 2. The van der Waals surface area contributed by atoms with Crippen molar-refractivity contribution < 1.29 is 19.1 Å². The van der Waals surface area contributed by atoms with Gasteiger partial charge in [0.05, 0.1) is 17.2 Å². The van der Waals surface area contributed by atoms with Gasteiger partial charge in [0, 0.05) is 16.0 Å². The minimum absolute atomic E-state index is 0.249. The molecular weight excluding hydrogens is 421 g/mol. The van der Waals surface area contributed by atoms with Gasteiger partial charge in [-0.1, -0.05) is 30.1 Å². The number of amides is 1. The Morgan fingerprint density at radius 3 is 2.86 bits per heavy atom. The quantitative estimate of drug-likeness (QED) is 0.611. The Hall–Kier alpha value is -1.76. The Kier molecular flexibility index (Phi) is 6.86. The van der Waals surface area contributed by atoms with Crippen LogP contribution in [0.2, 0.25) is 10.0 Å². The molecule has 2 aromatic rings. The molecule has 0 radical (unpaired) electrons. The number of benzene rings is 1. The molecule has 8 heteroatoms. The summed E-state index contributed by atoms with van der Waals surface area (Å²) >= 11 is 13.4. The van der Waals surface area contributed by atoms with E-state index in [1.807, 2.05) is 0 Å². The van der Waals surface area contributed by atoms with E-state index < -0.39 is 5.97 Å². The molecule has 1 atom stereocenters. The molecule has 1 aromatic heterocycles. The Balaban J connectivity index is 1.76. The Morgan fingerprint density at radius 1 is 1.32 bits per heavy atom. The topological polar surface area (TPSA) is 64.6 Å². The number of anilines is 1. The smallest absolute Gasteiger partial charge is 0.341 e. The second-order valence-corrected chi connectivity index (χ2v) is 8.64. The van der Waals surface area contributed by atoms with Crippen LogP contribution in [-0.2, 0) is 22.4 Å². The maximum absolute atomic E-state index is 12.5. The van der Waals surface area contributed by atoms with Crippen LogP contribution in [0.15, 0.2) is 18.2 Å². The van der Waals surface area contributed by atoms with Gasteiger partial charge in [0.1, 0.15) is 10.8 Å². The van der Waals surface area contributed by atoms with Gasteiger partial charge in [-0.3, -0.25) is 4.79 Å². The standard InChI is InChI=1S/C20H21Cl2NO4S/c1-3-26-20(25)18-13-6-4-11(2)8-16(13)28-19(18)23-17(24)10-27-15-9-12(21)5-7-14(15)22/h5,7,9,11H,3-4,6,8,10H2,1-2H3,(H,23,24). The van der Waals surface area contributed by atoms with Gasteiger partial charge in [-0.05, 0) is 49.8 Å². The fourth-order valence-corrected chi connectivity index (χ4v) is 4.90. The first-order chi connectivity index (χ1) is 13.4. The molecule has 1 aromatic carbocycles. The molecular formula is C20H21Cl2NO4S. The van der Waals surface area contributed by atoms with Crippen molar-refractivity contribution in [3.63, 3.8) is 0 Å². The van der Waals surface area contributed by atoms with E-state index in [1.165, 1.54) is 11.3 Å². The molecule has 1 amide bonds. The second-order valence-electron chi connectivity index (χ2n) is 6.69. The van der Waals surface area contributed by atoms with Gasteiger partial charge in [0.15, 0.2) is 6.61 Å². The summed E-state index contributed by atoms with van der Waals surface area (Å²) in [6.07, 6.45) is 2.72. The van der Waals surface area contributed by atoms with E-state index in [1.54, 1.807) is 25.1 Å². The first kappa shape index (κ1) is 21.0. The summed E-state index contributed by atoms with van der Waals surface area (Å²) < 4.78 is 10.7. The first-order valence-corrected chi connectivity index (χ1v) is 10.7. The summed E-state index contributed by atoms with van der Waals surface area (Å²) in [6, 6.07) is 4.79. The number of carbonyl (C=O) groups is 2. The molecule has 5 nitrogen and oxygen atoms in total. The first-order valence-electron chi connectivity index (χ1n) is 9.08. The molecule has 3 rings (SSSR count). The number of rotatable bonds is 6. The van der Waals surface area contributed by atoms with Crippen LogP contribution in [0.1, 0.15) is 41.1 Å². The summed E-state index contributed by atoms with van der Waals surface area (Å²) in [4.78, 5) is 26.1. The van der Waals surface area contributed by atoms with Gasteiger partial charge in [-0.2, -0.15) is 0 Å². The van der Waals surface area contributed by atoms with Crippen molar-refractivity contribution in [3.8, 4) is 5.75 Å². The molecule has 0 aliphatic heterocycles. The number of thiophene rings is 1. The maximum atomic E-state index is 12.5. The van der Waals surface area contributed by atoms with E-state index in [-0.39, 0.29) is 19.1 Å². The third-order valence-corrected chi connectivity index (χ3v) is 6.21.